The Morgan fingerprint density at radius 3 is 2.45 bits per heavy atom. The Bertz CT molecular complexity index is 592. The minimum absolute atomic E-state index is 0.113. The first-order chi connectivity index (χ1) is 9.43. The van der Waals surface area contributed by atoms with Gasteiger partial charge in [-0.15, -0.1) is 0 Å². The molecule has 0 amide bonds. The number of anilines is 1. The van der Waals surface area contributed by atoms with Crippen LogP contribution in [0.25, 0.3) is 0 Å². The highest BCUT2D eigenvalue weighted by atomic mass is 32.2. The van der Waals surface area contributed by atoms with Gasteiger partial charge in [-0.2, -0.15) is 0 Å². The van der Waals surface area contributed by atoms with E-state index in [1.54, 1.807) is 18.2 Å². The van der Waals surface area contributed by atoms with Crippen LogP contribution >= 0.6 is 0 Å². The number of esters is 1. The van der Waals surface area contributed by atoms with Crippen LogP contribution in [0.3, 0.4) is 0 Å². The van der Waals surface area contributed by atoms with Crippen LogP contribution in [-0.2, 0) is 19.6 Å². The lowest BCUT2D eigenvalue weighted by molar-refractivity contribution is -0.146. The maximum atomic E-state index is 11.6. The Morgan fingerprint density at radius 2 is 1.90 bits per heavy atom. The minimum atomic E-state index is -3.75. The standard InChI is InChI=1S/C13H18N2O4S/c1-19-13(16)10-6-8-15(9-7-10)11-4-2-3-5-12(11)20(14,17)18/h2-5,10H,6-9H2,1H3,(H2,14,17,18). The summed E-state index contributed by atoms with van der Waals surface area (Å²) in [5.41, 5.74) is 0.596. The van der Waals surface area contributed by atoms with Crippen LogP contribution in [0.15, 0.2) is 29.2 Å². The normalized spacial score (nSPS) is 17.0. The zero-order valence-electron chi connectivity index (χ0n) is 11.3. The third kappa shape index (κ3) is 3.10. The topological polar surface area (TPSA) is 89.7 Å². The molecule has 1 aromatic carbocycles. The molecule has 7 heteroatoms. The molecule has 1 aliphatic rings. The predicted molar refractivity (Wildman–Crippen MR) is 74.8 cm³/mol. The van der Waals surface area contributed by atoms with Crippen molar-refractivity contribution in [3.05, 3.63) is 24.3 Å². The van der Waals surface area contributed by atoms with Crippen LogP contribution in [0.2, 0.25) is 0 Å². The number of piperidine rings is 1. The molecule has 0 unspecified atom stereocenters. The molecule has 1 heterocycles. The van der Waals surface area contributed by atoms with E-state index >= 15 is 0 Å². The van der Waals surface area contributed by atoms with Crippen molar-refractivity contribution in [3.8, 4) is 0 Å². The number of ether oxygens (including phenoxy) is 1. The first-order valence-electron chi connectivity index (χ1n) is 6.38. The Morgan fingerprint density at radius 1 is 1.30 bits per heavy atom. The van der Waals surface area contributed by atoms with Gasteiger partial charge in [0.05, 0.1) is 18.7 Å². The highest BCUT2D eigenvalue weighted by Crippen LogP contribution is 2.28. The van der Waals surface area contributed by atoms with E-state index in [4.69, 9.17) is 9.88 Å². The molecular formula is C13H18N2O4S. The van der Waals surface area contributed by atoms with Gasteiger partial charge in [0.15, 0.2) is 0 Å². The first-order valence-corrected chi connectivity index (χ1v) is 7.92. The van der Waals surface area contributed by atoms with Crippen LogP contribution in [0.4, 0.5) is 5.69 Å². The SMILES string of the molecule is COC(=O)C1CCN(c2ccccc2S(N)(=O)=O)CC1. The van der Waals surface area contributed by atoms with Gasteiger partial charge in [-0.25, -0.2) is 13.6 Å². The number of nitrogens with two attached hydrogens (primary N) is 1. The second-order valence-electron chi connectivity index (χ2n) is 4.80. The second kappa shape index (κ2) is 5.80. The minimum Gasteiger partial charge on any atom is -0.469 e. The van der Waals surface area contributed by atoms with Crippen LogP contribution < -0.4 is 10.0 Å². The van der Waals surface area contributed by atoms with Crippen molar-refractivity contribution in [3.63, 3.8) is 0 Å². The summed E-state index contributed by atoms with van der Waals surface area (Å²) < 4.78 is 27.9. The monoisotopic (exact) mass is 298 g/mol. The van der Waals surface area contributed by atoms with E-state index in [2.05, 4.69) is 0 Å². The third-order valence-corrected chi connectivity index (χ3v) is 4.50. The fraction of sp³-hybridized carbons (Fsp3) is 0.462. The zero-order valence-corrected chi connectivity index (χ0v) is 12.1. The zero-order chi connectivity index (χ0) is 14.8. The molecule has 2 rings (SSSR count). The van der Waals surface area contributed by atoms with Crippen LogP contribution in [-0.4, -0.2) is 34.6 Å². The number of nitrogens with zero attached hydrogens (tertiary/aromatic N) is 1. The maximum absolute atomic E-state index is 11.6. The van der Waals surface area contributed by atoms with Gasteiger partial charge in [-0.05, 0) is 25.0 Å². The van der Waals surface area contributed by atoms with Crippen molar-refractivity contribution in [2.75, 3.05) is 25.1 Å². The third-order valence-electron chi connectivity index (χ3n) is 3.54. The average Bonchev–Trinajstić information content (AvgIpc) is 2.46. The smallest absolute Gasteiger partial charge is 0.308 e. The number of hydrogen-bond acceptors (Lipinski definition) is 5. The number of benzene rings is 1. The Labute approximate surface area is 118 Å². The van der Waals surface area contributed by atoms with Crippen LogP contribution in [0.1, 0.15) is 12.8 Å². The fourth-order valence-corrected chi connectivity index (χ4v) is 3.24. The maximum Gasteiger partial charge on any atom is 0.308 e. The van der Waals surface area contributed by atoms with E-state index in [9.17, 15) is 13.2 Å². The number of carbonyl (C=O) groups excluding carboxylic acids is 1. The molecule has 0 atom stereocenters. The Balaban J connectivity index is 2.18. The van der Waals surface area contributed by atoms with E-state index in [1.165, 1.54) is 13.2 Å². The number of hydrogen-bond donors (Lipinski definition) is 1. The highest BCUT2D eigenvalue weighted by Gasteiger charge is 2.27. The molecule has 0 radical (unpaired) electrons. The van der Waals surface area contributed by atoms with Crippen LogP contribution in [0, 0.1) is 5.92 Å². The van der Waals surface area contributed by atoms with Crippen molar-refractivity contribution in [1.29, 1.82) is 0 Å². The van der Waals surface area contributed by atoms with Crippen molar-refractivity contribution in [2.24, 2.45) is 11.1 Å². The van der Waals surface area contributed by atoms with Gasteiger partial charge in [0.25, 0.3) is 0 Å². The molecule has 110 valence electrons. The molecule has 0 aliphatic carbocycles. The summed E-state index contributed by atoms with van der Waals surface area (Å²) >= 11 is 0. The second-order valence-corrected chi connectivity index (χ2v) is 6.33. The number of sulfonamides is 1. The first kappa shape index (κ1) is 14.8. The molecule has 2 N–H and O–H groups in total. The van der Waals surface area contributed by atoms with Gasteiger partial charge in [0.1, 0.15) is 4.90 Å². The van der Waals surface area contributed by atoms with Gasteiger partial charge < -0.3 is 9.64 Å². The Hall–Kier alpha value is -1.60. The molecule has 1 fully saturated rings. The number of para-hydroxylation sites is 1. The molecule has 6 nitrogen and oxygen atoms in total. The summed E-state index contributed by atoms with van der Waals surface area (Å²) in [6.45, 7) is 1.21. The average molecular weight is 298 g/mol. The highest BCUT2D eigenvalue weighted by molar-refractivity contribution is 7.89. The summed E-state index contributed by atoms with van der Waals surface area (Å²) in [5, 5.41) is 5.23. The lowest BCUT2D eigenvalue weighted by Crippen LogP contribution is -2.37. The van der Waals surface area contributed by atoms with Gasteiger partial charge >= 0.3 is 5.97 Å². The summed E-state index contributed by atoms with van der Waals surface area (Å²) in [6.07, 6.45) is 1.29. The number of carbonyl (C=O) groups is 1. The van der Waals surface area contributed by atoms with Crippen molar-refractivity contribution >= 4 is 21.7 Å². The van der Waals surface area contributed by atoms with Crippen molar-refractivity contribution < 1.29 is 17.9 Å². The summed E-state index contributed by atoms with van der Waals surface area (Å²) in [5.74, 6) is -0.317. The van der Waals surface area contributed by atoms with Gasteiger partial charge in [-0.1, -0.05) is 12.1 Å². The van der Waals surface area contributed by atoms with Crippen LogP contribution in [0.5, 0.6) is 0 Å². The molecule has 0 aromatic heterocycles. The Kier molecular flexibility index (Phi) is 4.29. The van der Waals surface area contributed by atoms with Gasteiger partial charge in [0.2, 0.25) is 10.0 Å². The lowest BCUT2D eigenvalue weighted by Gasteiger charge is -2.33. The molecule has 0 saturated carbocycles. The van der Waals surface area contributed by atoms with E-state index in [0.29, 0.717) is 31.6 Å². The molecule has 20 heavy (non-hydrogen) atoms. The summed E-state index contributed by atoms with van der Waals surface area (Å²) in [4.78, 5) is 13.5. The number of rotatable bonds is 3. The molecule has 0 spiro atoms. The molecule has 1 aromatic rings. The fourth-order valence-electron chi connectivity index (χ4n) is 2.48. The van der Waals surface area contributed by atoms with E-state index in [1.807, 2.05) is 4.90 Å². The molecular weight excluding hydrogens is 280 g/mol. The quantitative estimate of drug-likeness (QED) is 0.831. The largest absolute Gasteiger partial charge is 0.469 e. The summed E-state index contributed by atoms with van der Waals surface area (Å²) in [7, 11) is -2.37. The van der Waals surface area contributed by atoms with Crippen molar-refractivity contribution in [1.82, 2.24) is 0 Å². The van der Waals surface area contributed by atoms with Gasteiger partial charge in [-0.3, -0.25) is 4.79 Å². The number of methoxy groups -OCH3 is 1. The van der Waals surface area contributed by atoms with E-state index < -0.39 is 10.0 Å². The summed E-state index contributed by atoms with van der Waals surface area (Å²) in [6, 6.07) is 6.65. The lowest BCUT2D eigenvalue weighted by atomic mass is 9.96. The van der Waals surface area contributed by atoms with Gasteiger partial charge in [0, 0.05) is 13.1 Å². The predicted octanol–water partition coefficient (Wildman–Crippen LogP) is 0.723. The van der Waals surface area contributed by atoms with E-state index in [0.717, 1.165) is 0 Å². The van der Waals surface area contributed by atoms with E-state index in [-0.39, 0.29) is 16.8 Å². The molecule has 1 aliphatic heterocycles. The molecule has 0 bridgehead atoms. The number of primary sulfonamides is 1. The van der Waals surface area contributed by atoms with Crippen molar-refractivity contribution in [2.45, 2.75) is 17.7 Å². The molecule has 1 saturated heterocycles.